The van der Waals surface area contributed by atoms with E-state index in [0.717, 1.165) is 24.6 Å². The second-order valence-electron chi connectivity index (χ2n) is 4.80. The summed E-state index contributed by atoms with van der Waals surface area (Å²) >= 11 is 0. The molecule has 0 aromatic rings. The average Bonchev–Trinajstić information content (AvgIpc) is 2.81. The van der Waals surface area contributed by atoms with Gasteiger partial charge in [0.15, 0.2) is 0 Å². The molecule has 0 bridgehead atoms. The Morgan fingerprint density at radius 1 is 1.21 bits per heavy atom. The van der Waals surface area contributed by atoms with Gasteiger partial charge in [-0.3, -0.25) is 0 Å². The summed E-state index contributed by atoms with van der Waals surface area (Å²) in [7, 11) is 0. The Kier molecular flexibility index (Phi) is 3.45. The van der Waals surface area contributed by atoms with Gasteiger partial charge in [0.25, 0.3) is 0 Å². The van der Waals surface area contributed by atoms with Gasteiger partial charge in [0.2, 0.25) is 0 Å². The van der Waals surface area contributed by atoms with Crippen LogP contribution in [0.25, 0.3) is 0 Å². The zero-order valence-corrected chi connectivity index (χ0v) is 9.46. The van der Waals surface area contributed by atoms with Crippen LogP contribution in [0.2, 0.25) is 0 Å². The van der Waals surface area contributed by atoms with Crippen LogP contribution in [0.5, 0.6) is 0 Å². The molecular weight excluding hydrogens is 174 g/mol. The third-order valence-corrected chi connectivity index (χ3v) is 3.53. The van der Waals surface area contributed by atoms with Crippen molar-refractivity contribution in [2.45, 2.75) is 64.1 Å². The molecule has 2 rings (SSSR count). The molecule has 0 aromatic heterocycles. The van der Waals surface area contributed by atoms with Crippen molar-refractivity contribution < 1.29 is 4.74 Å². The fourth-order valence-corrected chi connectivity index (χ4v) is 2.52. The predicted octanol–water partition coefficient (Wildman–Crippen LogP) is 2.33. The zero-order valence-electron chi connectivity index (χ0n) is 9.46. The van der Waals surface area contributed by atoms with Crippen LogP contribution in [0.3, 0.4) is 0 Å². The van der Waals surface area contributed by atoms with E-state index in [4.69, 9.17) is 4.74 Å². The number of ether oxygens (including phenoxy) is 1. The third kappa shape index (κ3) is 2.48. The van der Waals surface area contributed by atoms with E-state index < -0.39 is 0 Å². The van der Waals surface area contributed by atoms with Crippen molar-refractivity contribution in [2.75, 3.05) is 6.61 Å². The van der Waals surface area contributed by atoms with Gasteiger partial charge in [-0.1, -0.05) is 13.3 Å². The summed E-state index contributed by atoms with van der Waals surface area (Å²) in [5.74, 6) is 0.992. The highest BCUT2D eigenvalue weighted by Crippen LogP contribution is 2.37. The van der Waals surface area contributed by atoms with E-state index in [0.29, 0.717) is 6.10 Å². The van der Waals surface area contributed by atoms with Crippen LogP contribution in [0.15, 0.2) is 0 Å². The van der Waals surface area contributed by atoms with Crippen LogP contribution in [-0.4, -0.2) is 24.8 Å². The average molecular weight is 197 g/mol. The van der Waals surface area contributed by atoms with Gasteiger partial charge in [-0.05, 0) is 38.5 Å². The summed E-state index contributed by atoms with van der Waals surface area (Å²) in [6.45, 7) is 5.24. The molecule has 2 heteroatoms. The van der Waals surface area contributed by atoms with Crippen molar-refractivity contribution in [3.05, 3.63) is 0 Å². The first-order chi connectivity index (χ1) is 6.83. The Morgan fingerprint density at radius 3 is 2.64 bits per heavy atom. The lowest BCUT2D eigenvalue weighted by molar-refractivity contribution is -0.0105. The van der Waals surface area contributed by atoms with Gasteiger partial charge >= 0.3 is 0 Å². The molecule has 0 heterocycles. The highest BCUT2D eigenvalue weighted by molar-refractivity contribution is 4.98. The standard InChI is InChI=1S/C12H23NO/c1-3-5-9-6-12(9)13-10-7-11(8-10)14-4-2/h9-13H,3-8H2,1-2H3. The Labute approximate surface area is 87.4 Å². The smallest absolute Gasteiger partial charge is 0.0604 e. The predicted molar refractivity (Wildman–Crippen MR) is 58.4 cm³/mol. The molecule has 2 atom stereocenters. The fraction of sp³-hybridized carbons (Fsp3) is 1.00. The van der Waals surface area contributed by atoms with E-state index in [9.17, 15) is 0 Å². The third-order valence-electron chi connectivity index (χ3n) is 3.53. The first-order valence-corrected chi connectivity index (χ1v) is 6.21. The monoisotopic (exact) mass is 197 g/mol. The van der Waals surface area contributed by atoms with Crippen molar-refractivity contribution in [1.82, 2.24) is 5.32 Å². The maximum Gasteiger partial charge on any atom is 0.0604 e. The number of hydrogen-bond donors (Lipinski definition) is 1. The van der Waals surface area contributed by atoms with Gasteiger partial charge in [-0.15, -0.1) is 0 Å². The molecule has 2 fully saturated rings. The minimum atomic E-state index is 0.556. The molecule has 82 valence electrons. The molecule has 0 saturated heterocycles. The van der Waals surface area contributed by atoms with Gasteiger partial charge in [-0.2, -0.15) is 0 Å². The summed E-state index contributed by atoms with van der Waals surface area (Å²) < 4.78 is 5.54. The summed E-state index contributed by atoms with van der Waals surface area (Å²) in [5, 5.41) is 3.73. The second kappa shape index (κ2) is 4.63. The normalized spacial score (nSPS) is 40.7. The van der Waals surface area contributed by atoms with E-state index in [1.54, 1.807) is 0 Å². The molecule has 2 aliphatic carbocycles. The first-order valence-electron chi connectivity index (χ1n) is 6.21. The summed E-state index contributed by atoms with van der Waals surface area (Å²) in [4.78, 5) is 0. The number of rotatable bonds is 6. The lowest BCUT2D eigenvalue weighted by atomic mass is 9.89. The zero-order chi connectivity index (χ0) is 9.97. The molecule has 0 radical (unpaired) electrons. The van der Waals surface area contributed by atoms with Crippen molar-refractivity contribution in [2.24, 2.45) is 5.92 Å². The molecule has 1 N–H and O–H groups in total. The molecule has 2 aliphatic rings. The highest BCUT2D eigenvalue weighted by atomic mass is 16.5. The summed E-state index contributed by atoms with van der Waals surface area (Å²) in [6.07, 6.45) is 7.21. The topological polar surface area (TPSA) is 21.3 Å². The Hall–Kier alpha value is -0.0800. The maximum absolute atomic E-state index is 5.54. The molecule has 2 unspecified atom stereocenters. The fourth-order valence-electron chi connectivity index (χ4n) is 2.52. The van der Waals surface area contributed by atoms with Gasteiger partial charge in [-0.25, -0.2) is 0 Å². The van der Waals surface area contributed by atoms with E-state index in [1.165, 1.54) is 32.1 Å². The quantitative estimate of drug-likeness (QED) is 0.705. The summed E-state index contributed by atoms with van der Waals surface area (Å²) in [5.41, 5.74) is 0. The lowest BCUT2D eigenvalue weighted by Crippen LogP contribution is -2.46. The van der Waals surface area contributed by atoms with E-state index in [-0.39, 0.29) is 0 Å². The molecule has 2 saturated carbocycles. The van der Waals surface area contributed by atoms with Crippen LogP contribution in [0.1, 0.15) is 46.0 Å². The molecule has 0 spiro atoms. The Bertz CT molecular complexity index is 177. The van der Waals surface area contributed by atoms with Gasteiger partial charge < -0.3 is 10.1 Å². The van der Waals surface area contributed by atoms with Gasteiger partial charge in [0, 0.05) is 18.7 Å². The van der Waals surface area contributed by atoms with E-state index in [1.807, 2.05) is 0 Å². The minimum Gasteiger partial charge on any atom is -0.378 e. The molecule has 0 aliphatic heterocycles. The van der Waals surface area contributed by atoms with Crippen LogP contribution in [0, 0.1) is 5.92 Å². The van der Waals surface area contributed by atoms with Crippen molar-refractivity contribution in [3.63, 3.8) is 0 Å². The van der Waals surface area contributed by atoms with Crippen LogP contribution in [0.4, 0.5) is 0 Å². The maximum atomic E-state index is 5.54. The molecule has 0 amide bonds. The first kappa shape index (κ1) is 10.4. The van der Waals surface area contributed by atoms with Gasteiger partial charge in [0.1, 0.15) is 0 Å². The van der Waals surface area contributed by atoms with Crippen LogP contribution in [-0.2, 0) is 4.74 Å². The largest absolute Gasteiger partial charge is 0.378 e. The summed E-state index contributed by atoms with van der Waals surface area (Å²) in [6, 6.07) is 1.61. The highest BCUT2D eigenvalue weighted by Gasteiger charge is 2.40. The molecular formula is C12H23NO. The number of hydrogen-bond acceptors (Lipinski definition) is 2. The van der Waals surface area contributed by atoms with Gasteiger partial charge in [0.05, 0.1) is 6.10 Å². The molecule has 0 aromatic carbocycles. The van der Waals surface area contributed by atoms with Crippen LogP contribution >= 0.6 is 0 Å². The lowest BCUT2D eigenvalue weighted by Gasteiger charge is -2.35. The van der Waals surface area contributed by atoms with E-state index in [2.05, 4.69) is 19.2 Å². The van der Waals surface area contributed by atoms with Crippen molar-refractivity contribution in [3.8, 4) is 0 Å². The minimum absolute atomic E-state index is 0.556. The van der Waals surface area contributed by atoms with E-state index >= 15 is 0 Å². The Balaban J connectivity index is 1.53. The van der Waals surface area contributed by atoms with Crippen LogP contribution < -0.4 is 5.32 Å². The Morgan fingerprint density at radius 2 is 2.00 bits per heavy atom. The SMILES string of the molecule is CCCC1CC1NC1CC(OCC)C1. The second-order valence-corrected chi connectivity index (χ2v) is 4.80. The molecule has 2 nitrogen and oxygen atoms in total. The van der Waals surface area contributed by atoms with Crippen molar-refractivity contribution in [1.29, 1.82) is 0 Å². The molecule has 14 heavy (non-hydrogen) atoms. The number of nitrogens with one attached hydrogen (secondary N) is 1. The van der Waals surface area contributed by atoms with Crippen molar-refractivity contribution >= 4 is 0 Å².